The summed E-state index contributed by atoms with van der Waals surface area (Å²) in [4.78, 5) is 11.7. The van der Waals surface area contributed by atoms with Gasteiger partial charge in [-0.3, -0.25) is 4.79 Å². The van der Waals surface area contributed by atoms with Crippen molar-refractivity contribution >= 4 is 27.8 Å². The molecule has 2 aromatic rings. The largest absolute Gasteiger partial charge is 0.468 e. The Bertz CT molecular complexity index is 934. The number of methoxy groups -OCH3 is 1. The fourth-order valence-corrected chi connectivity index (χ4v) is 5.64. The number of thioether (sulfide) groups is 1. The summed E-state index contributed by atoms with van der Waals surface area (Å²) in [6.45, 7) is 3.75. The van der Waals surface area contributed by atoms with E-state index in [1.165, 1.54) is 18.9 Å². The molecule has 1 aliphatic rings. The first kappa shape index (κ1) is 21.8. The van der Waals surface area contributed by atoms with Crippen LogP contribution in [0.15, 0.2) is 34.3 Å². The molecule has 29 heavy (non-hydrogen) atoms. The van der Waals surface area contributed by atoms with E-state index in [2.05, 4.69) is 14.9 Å². The van der Waals surface area contributed by atoms with Crippen LogP contribution >= 0.6 is 11.8 Å². The van der Waals surface area contributed by atoms with Crippen LogP contribution < -0.4 is 0 Å². The van der Waals surface area contributed by atoms with Crippen LogP contribution in [0.5, 0.6) is 0 Å². The summed E-state index contributed by atoms with van der Waals surface area (Å²) in [5.41, 5.74) is 0.777. The summed E-state index contributed by atoms with van der Waals surface area (Å²) in [5, 5.41) is 9.02. The molecule has 0 atom stereocenters. The Morgan fingerprint density at radius 1 is 1.10 bits per heavy atom. The summed E-state index contributed by atoms with van der Waals surface area (Å²) in [6, 6.07) is 6.78. The number of hydrogen-bond acceptors (Lipinski definition) is 7. The molecular weight excluding hydrogens is 412 g/mol. The maximum atomic E-state index is 12.9. The first-order valence-corrected chi connectivity index (χ1v) is 12.1. The molecule has 0 spiro atoms. The maximum absolute atomic E-state index is 12.9. The molecule has 158 valence electrons. The van der Waals surface area contributed by atoms with E-state index in [0.29, 0.717) is 35.5 Å². The van der Waals surface area contributed by atoms with Crippen molar-refractivity contribution in [3.05, 3.63) is 24.3 Å². The molecule has 1 aliphatic heterocycles. The van der Waals surface area contributed by atoms with Crippen LogP contribution in [0.4, 0.5) is 0 Å². The minimum Gasteiger partial charge on any atom is -0.468 e. The van der Waals surface area contributed by atoms with Crippen LogP contribution in [0, 0.1) is 0 Å². The van der Waals surface area contributed by atoms with Gasteiger partial charge in [-0.15, -0.1) is 10.2 Å². The molecule has 1 saturated heterocycles. The Hall–Kier alpha value is -1.91. The predicted molar refractivity (Wildman–Crippen MR) is 111 cm³/mol. The lowest BCUT2D eigenvalue weighted by Gasteiger charge is -2.20. The summed E-state index contributed by atoms with van der Waals surface area (Å²) in [7, 11) is -2.13. The van der Waals surface area contributed by atoms with Gasteiger partial charge in [0.25, 0.3) is 0 Å². The fourth-order valence-electron chi connectivity index (χ4n) is 3.28. The number of rotatable bonds is 7. The van der Waals surface area contributed by atoms with E-state index in [4.69, 9.17) is 0 Å². The molecule has 0 aliphatic carbocycles. The van der Waals surface area contributed by atoms with Gasteiger partial charge in [-0.2, -0.15) is 4.31 Å². The highest BCUT2D eigenvalue weighted by molar-refractivity contribution is 7.99. The predicted octanol–water partition coefficient (Wildman–Crippen LogP) is 2.79. The number of sulfonamides is 1. The Kier molecular flexibility index (Phi) is 7.31. The lowest BCUT2D eigenvalue weighted by Crippen LogP contribution is -2.31. The van der Waals surface area contributed by atoms with Gasteiger partial charge < -0.3 is 9.30 Å². The number of carbonyl (C=O) groups is 1. The SMILES string of the molecule is CCn1c(SCC(=O)OC)nnc1-c1ccc(S(=O)(=O)N2CCCCCC2)cc1. The molecule has 0 unspecified atom stereocenters. The van der Waals surface area contributed by atoms with Gasteiger partial charge in [0.2, 0.25) is 10.0 Å². The fraction of sp³-hybridized carbons (Fsp3) is 0.526. The van der Waals surface area contributed by atoms with Crippen molar-refractivity contribution in [2.24, 2.45) is 0 Å². The number of aromatic nitrogens is 3. The van der Waals surface area contributed by atoms with Gasteiger partial charge in [0, 0.05) is 25.2 Å². The molecule has 10 heteroatoms. The number of nitrogens with zero attached hydrogens (tertiary/aromatic N) is 4. The van der Waals surface area contributed by atoms with Crippen molar-refractivity contribution in [2.45, 2.75) is 49.2 Å². The molecule has 1 aromatic heterocycles. The lowest BCUT2D eigenvalue weighted by molar-refractivity contribution is -0.137. The van der Waals surface area contributed by atoms with E-state index >= 15 is 0 Å². The summed E-state index contributed by atoms with van der Waals surface area (Å²) in [5.74, 6) is 0.464. The minimum absolute atomic E-state index is 0.154. The average molecular weight is 439 g/mol. The second-order valence-electron chi connectivity index (χ2n) is 6.76. The average Bonchev–Trinajstić information content (AvgIpc) is 2.94. The molecule has 3 rings (SSSR count). The van der Waals surface area contributed by atoms with E-state index in [0.717, 1.165) is 31.2 Å². The third-order valence-corrected chi connectivity index (χ3v) is 7.75. The van der Waals surface area contributed by atoms with Gasteiger partial charge in [-0.05, 0) is 44.0 Å². The molecule has 1 aromatic carbocycles. The molecular formula is C19H26N4O4S2. The molecule has 0 saturated carbocycles. The molecule has 0 N–H and O–H groups in total. The second-order valence-corrected chi connectivity index (χ2v) is 9.64. The highest BCUT2D eigenvalue weighted by Crippen LogP contribution is 2.26. The van der Waals surface area contributed by atoms with Gasteiger partial charge in [0.1, 0.15) is 0 Å². The topological polar surface area (TPSA) is 94.4 Å². The van der Waals surface area contributed by atoms with E-state index < -0.39 is 10.0 Å². The van der Waals surface area contributed by atoms with E-state index in [9.17, 15) is 13.2 Å². The second kappa shape index (κ2) is 9.73. The highest BCUT2D eigenvalue weighted by Gasteiger charge is 2.25. The van der Waals surface area contributed by atoms with Gasteiger partial charge in [-0.25, -0.2) is 8.42 Å². The molecule has 0 amide bonds. The first-order valence-electron chi connectivity index (χ1n) is 9.70. The van der Waals surface area contributed by atoms with E-state index in [-0.39, 0.29) is 11.7 Å². The van der Waals surface area contributed by atoms with Gasteiger partial charge in [0.15, 0.2) is 11.0 Å². The quantitative estimate of drug-likeness (QED) is 0.485. The van der Waals surface area contributed by atoms with Crippen LogP contribution in [0.25, 0.3) is 11.4 Å². The summed E-state index contributed by atoms with van der Waals surface area (Å²) >= 11 is 1.26. The molecule has 0 bridgehead atoms. The van der Waals surface area contributed by atoms with Crippen LogP contribution in [0.1, 0.15) is 32.6 Å². The lowest BCUT2D eigenvalue weighted by atomic mass is 10.2. The smallest absolute Gasteiger partial charge is 0.316 e. The van der Waals surface area contributed by atoms with Crippen LogP contribution in [0.2, 0.25) is 0 Å². The number of ether oxygens (including phenoxy) is 1. The zero-order valence-electron chi connectivity index (χ0n) is 16.7. The number of esters is 1. The zero-order chi connectivity index (χ0) is 20.9. The number of hydrogen-bond donors (Lipinski definition) is 0. The number of benzene rings is 1. The number of carbonyl (C=O) groups excluding carboxylic acids is 1. The first-order chi connectivity index (χ1) is 14.0. The van der Waals surface area contributed by atoms with Crippen LogP contribution in [-0.2, 0) is 26.1 Å². The minimum atomic E-state index is -3.48. The third kappa shape index (κ3) is 4.99. The molecule has 8 nitrogen and oxygen atoms in total. The van der Waals surface area contributed by atoms with Crippen molar-refractivity contribution in [1.82, 2.24) is 19.1 Å². The van der Waals surface area contributed by atoms with Crippen molar-refractivity contribution in [1.29, 1.82) is 0 Å². The van der Waals surface area contributed by atoms with E-state index in [1.807, 2.05) is 11.5 Å². The van der Waals surface area contributed by atoms with Crippen LogP contribution in [0.3, 0.4) is 0 Å². The third-order valence-electron chi connectivity index (χ3n) is 4.90. The standard InChI is InChI=1S/C19H26N4O4S2/c1-3-23-18(20-21-19(23)28-14-17(24)27-2)15-8-10-16(11-9-15)29(25,26)22-12-6-4-5-7-13-22/h8-11H,3-7,12-14H2,1-2H3. The van der Waals surface area contributed by atoms with Gasteiger partial charge >= 0.3 is 5.97 Å². The summed E-state index contributed by atoms with van der Waals surface area (Å²) in [6.07, 6.45) is 3.97. The molecule has 0 radical (unpaired) electrons. The van der Waals surface area contributed by atoms with Crippen LogP contribution in [-0.4, -0.2) is 59.4 Å². The Morgan fingerprint density at radius 2 is 1.76 bits per heavy atom. The normalized spacial score (nSPS) is 15.8. The molecule has 2 heterocycles. The Morgan fingerprint density at radius 3 is 2.34 bits per heavy atom. The Balaban J connectivity index is 1.81. The summed E-state index contributed by atoms with van der Waals surface area (Å²) < 4.78 is 34.0. The molecule has 1 fully saturated rings. The van der Waals surface area contributed by atoms with Gasteiger partial charge in [-0.1, -0.05) is 24.6 Å². The monoisotopic (exact) mass is 438 g/mol. The Labute approximate surface area is 175 Å². The zero-order valence-corrected chi connectivity index (χ0v) is 18.3. The van der Waals surface area contributed by atoms with Crippen molar-refractivity contribution in [3.63, 3.8) is 0 Å². The van der Waals surface area contributed by atoms with Crippen molar-refractivity contribution in [2.75, 3.05) is 26.0 Å². The van der Waals surface area contributed by atoms with E-state index in [1.54, 1.807) is 28.6 Å². The maximum Gasteiger partial charge on any atom is 0.316 e. The van der Waals surface area contributed by atoms with Crippen molar-refractivity contribution in [3.8, 4) is 11.4 Å². The highest BCUT2D eigenvalue weighted by atomic mass is 32.2. The van der Waals surface area contributed by atoms with Crippen molar-refractivity contribution < 1.29 is 17.9 Å². The van der Waals surface area contributed by atoms with Gasteiger partial charge in [0.05, 0.1) is 17.8 Å².